The van der Waals surface area contributed by atoms with Crippen LogP contribution in [-0.2, 0) is 4.79 Å². The van der Waals surface area contributed by atoms with Crippen molar-refractivity contribution in [2.75, 3.05) is 5.32 Å². The first-order valence-corrected chi connectivity index (χ1v) is 10.0. The molecular formula is C24H20N2OS. The fraction of sp³-hybridized carbons (Fsp3) is 0.0833. The molecule has 3 nitrogen and oxygen atoms in total. The Hall–Kier alpha value is -3.24. The summed E-state index contributed by atoms with van der Waals surface area (Å²) in [7, 11) is 0. The van der Waals surface area contributed by atoms with Crippen LogP contribution in [0.4, 0.5) is 5.13 Å². The highest BCUT2D eigenvalue weighted by Crippen LogP contribution is 2.29. The SMILES string of the molecule is Cc1ccc(-c2csc(NC(=O)C(c3ccccc3)c3ccccc3)n2)cc1. The van der Waals surface area contributed by atoms with Crippen LogP contribution in [0, 0.1) is 6.92 Å². The third kappa shape index (κ3) is 4.02. The van der Waals surface area contributed by atoms with E-state index in [0.29, 0.717) is 5.13 Å². The molecule has 0 aliphatic heterocycles. The number of hydrogen-bond donors (Lipinski definition) is 1. The van der Waals surface area contributed by atoms with E-state index in [1.54, 1.807) is 0 Å². The molecule has 1 amide bonds. The predicted octanol–water partition coefficient (Wildman–Crippen LogP) is 5.89. The molecule has 0 spiro atoms. The van der Waals surface area contributed by atoms with Gasteiger partial charge in [-0.1, -0.05) is 90.5 Å². The van der Waals surface area contributed by atoms with E-state index in [2.05, 4.69) is 29.4 Å². The molecule has 0 atom stereocenters. The third-order valence-corrected chi connectivity index (χ3v) is 5.37. The van der Waals surface area contributed by atoms with E-state index < -0.39 is 0 Å². The van der Waals surface area contributed by atoms with Crippen molar-refractivity contribution < 1.29 is 4.79 Å². The van der Waals surface area contributed by atoms with Gasteiger partial charge in [0, 0.05) is 10.9 Å². The zero-order valence-electron chi connectivity index (χ0n) is 15.5. The van der Waals surface area contributed by atoms with Crippen LogP contribution < -0.4 is 5.32 Å². The molecule has 1 aromatic heterocycles. The summed E-state index contributed by atoms with van der Waals surface area (Å²) in [5.74, 6) is -0.462. The summed E-state index contributed by atoms with van der Waals surface area (Å²) in [4.78, 5) is 17.8. The molecule has 1 heterocycles. The molecule has 4 aromatic rings. The molecule has 0 radical (unpaired) electrons. The van der Waals surface area contributed by atoms with Gasteiger partial charge in [0.25, 0.3) is 0 Å². The van der Waals surface area contributed by atoms with Gasteiger partial charge in [-0.05, 0) is 18.1 Å². The number of carbonyl (C=O) groups is 1. The van der Waals surface area contributed by atoms with Gasteiger partial charge in [-0.2, -0.15) is 0 Å². The second-order valence-electron chi connectivity index (χ2n) is 6.65. The van der Waals surface area contributed by atoms with Gasteiger partial charge in [-0.25, -0.2) is 4.98 Å². The quantitative estimate of drug-likeness (QED) is 0.466. The van der Waals surface area contributed by atoms with Crippen LogP contribution in [0.5, 0.6) is 0 Å². The first-order valence-electron chi connectivity index (χ1n) is 9.14. The zero-order valence-corrected chi connectivity index (χ0v) is 16.3. The summed E-state index contributed by atoms with van der Waals surface area (Å²) in [5.41, 5.74) is 5.05. The van der Waals surface area contributed by atoms with Gasteiger partial charge in [0.1, 0.15) is 0 Å². The Kier molecular flexibility index (Phi) is 5.31. The number of hydrogen-bond acceptors (Lipinski definition) is 3. The number of nitrogens with one attached hydrogen (secondary N) is 1. The van der Waals surface area contributed by atoms with Crippen molar-refractivity contribution in [1.29, 1.82) is 0 Å². The van der Waals surface area contributed by atoms with Crippen molar-refractivity contribution in [2.24, 2.45) is 0 Å². The van der Waals surface area contributed by atoms with Crippen molar-refractivity contribution in [2.45, 2.75) is 12.8 Å². The maximum absolute atomic E-state index is 13.2. The van der Waals surface area contributed by atoms with Gasteiger partial charge < -0.3 is 5.32 Å². The maximum atomic E-state index is 13.2. The van der Waals surface area contributed by atoms with Crippen LogP contribution in [-0.4, -0.2) is 10.9 Å². The second kappa shape index (κ2) is 8.19. The molecule has 138 valence electrons. The standard InChI is InChI=1S/C24H20N2OS/c1-17-12-14-18(15-13-17)21-16-28-24(25-21)26-23(27)22(19-8-4-2-5-9-19)20-10-6-3-7-11-20/h2-16,22H,1H3,(H,25,26,27). The van der Waals surface area contributed by atoms with Gasteiger partial charge in [-0.15, -0.1) is 11.3 Å². The van der Waals surface area contributed by atoms with Gasteiger partial charge in [0.15, 0.2) is 5.13 Å². The van der Waals surface area contributed by atoms with Crippen molar-refractivity contribution in [3.63, 3.8) is 0 Å². The van der Waals surface area contributed by atoms with E-state index in [4.69, 9.17) is 0 Å². The van der Waals surface area contributed by atoms with E-state index in [1.807, 2.05) is 78.2 Å². The summed E-state index contributed by atoms with van der Waals surface area (Å²) in [5, 5.41) is 5.59. The Balaban J connectivity index is 1.59. The minimum atomic E-state index is -0.380. The van der Waals surface area contributed by atoms with Gasteiger partial charge in [0.05, 0.1) is 11.6 Å². The Bertz CT molecular complexity index is 1020. The molecular weight excluding hydrogens is 364 g/mol. The number of nitrogens with zero attached hydrogens (tertiary/aromatic N) is 1. The highest BCUT2D eigenvalue weighted by Gasteiger charge is 2.23. The van der Waals surface area contributed by atoms with Crippen molar-refractivity contribution >= 4 is 22.4 Å². The molecule has 28 heavy (non-hydrogen) atoms. The number of aromatic nitrogens is 1. The summed E-state index contributed by atoms with van der Waals surface area (Å²) < 4.78 is 0. The number of benzene rings is 3. The minimum Gasteiger partial charge on any atom is -0.301 e. The maximum Gasteiger partial charge on any atom is 0.238 e. The second-order valence-corrected chi connectivity index (χ2v) is 7.51. The number of amides is 1. The molecule has 0 bridgehead atoms. The van der Waals surface area contributed by atoms with Crippen molar-refractivity contribution in [1.82, 2.24) is 4.98 Å². The lowest BCUT2D eigenvalue weighted by molar-refractivity contribution is -0.116. The molecule has 4 heteroatoms. The summed E-state index contributed by atoms with van der Waals surface area (Å²) in [6.07, 6.45) is 0. The number of rotatable bonds is 5. The molecule has 0 fully saturated rings. The monoisotopic (exact) mass is 384 g/mol. The fourth-order valence-corrected chi connectivity index (χ4v) is 3.87. The number of thiazole rings is 1. The molecule has 3 aromatic carbocycles. The number of aryl methyl sites for hydroxylation is 1. The Morgan fingerprint density at radius 2 is 1.43 bits per heavy atom. The molecule has 4 rings (SSSR count). The van der Waals surface area contributed by atoms with Gasteiger partial charge in [0.2, 0.25) is 5.91 Å². The van der Waals surface area contributed by atoms with Crippen LogP contribution in [0.1, 0.15) is 22.6 Å². The zero-order chi connectivity index (χ0) is 19.3. The Morgan fingerprint density at radius 3 is 2.00 bits per heavy atom. The Labute approximate surface area is 168 Å². The molecule has 0 saturated carbocycles. The van der Waals surface area contributed by atoms with Crippen molar-refractivity contribution in [3.05, 3.63) is 107 Å². The summed E-state index contributed by atoms with van der Waals surface area (Å²) in [6, 6.07) is 27.9. The summed E-state index contributed by atoms with van der Waals surface area (Å²) in [6.45, 7) is 2.06. The molecule has 0 saturated heterocycles. The Morgan fingerprint density at radius 1 is 0.857 bits per heavy atom. The first-order chi connectivity index (χ1) is 13.7. The average Bonchev–Trinajstić information content (AvgIpc) is 3.19. The third-order valence-electron chi connectivity index (χ3n) is 4.61. The lowest BCUT2D eigenvalue weighted by atomic mass is 9.90. The average molecular weight is 385 g/mol. The van der Waals surface area contributed by atoms with Crippen molar-refractivity contribution in [3.8, 4) is 11.3 Å². The van der Waals surface area contributed by atoms with E-state index >= 15 is 0 Å². The van der Waals surface area contributed by atoms with Crippen LogP contribution >= 0.6 is 11.3 Å². The molecule has 0 aliphatic carbocycles. The first kappa shape index (κ1) is 18.1. The van der Waals surface area contributed by atoms with Crippen LogP contribution in [0.25, 0.3) is 11.3 Å². The predicted molar refractivity (Wildman–Crippen MR) is 116 cm³/mol. The van der Waals surface area contributed by atoms with E-state index in [0.717, 1.165) is 22.4 Å². The van der Waals surface area contributed by atoms with E-state index in [9.17, 15) is 4.79 Å². The number of carbonyl (C=O) groups excluding carboxylic acids is 1. The van der Waals surface area contributed by atoms with Gasteiger partial charge in [-0.3, -0.25) is 4.79 Å². The number of anilines is 1. The lowest BCUT2D eigenvalue weighted by Gasteiger charge is -2.17. The molecule has 1 N–H and O–H groups in total. The highest BCUT2D eigenvalue weighted by atomic mass is 32.1. The normalized spacial score (nSPS) is 10.8. The summed E-state index contributed by atoms with van der Waals surface area (Å²) >= 11 is 1.44. The lowest BCUT2D eigenvalue weighted by Crippen LogP contribution is -2.22. The highest BCUT2D eigenvalue weighted by molar-refractivity contribution is 7.14. The van der Waals surface area contributed by atoms with Crippen LogP contribution in [0.15, 0.2) is 90.3 Å². The van der Waals surface area contributed by atoms with Crippen LogP contribution in [0.2, 0.25) is 0 Å². The van der Waals surface area contributed by atoms with E-state index in [-0.39, 0.29) is 11.8 Å². The van der Waals surface area contributed by atoms with Gasteiger partial charge >= 0.3 is 0 Å². The molecule has 0 aliphatic rings. The minimum absolute atomic E-state index is 0.0813. The largest absolute Gasteiger partial charge is 0.301 e. The topological polar surface area (TPSA) is 42.0 Å². The van der Waals surface area contributed by atoms with Crippen LogP contribution in [0.3, 0.4) is 0 Å². The smallest absolute Gasteiger partial charge is 0.238 e. The van der Waals surface area contributed by atoms with E-state index in [1.165, 1.54) is 16.9 Å². The fourth-order valence-electron chi connectivity index (χ4n) is 3.15. The molecule has 0 unspecified atom stereocenters.